The van der Waals surface area contributed by atoms with Crippen LogP contribution >= 0.6 is 0 Å². The monoisotopic (exact) mass is 347 g/mol. The minimum atomic E-state index is -0.394. The van der Waals surface area contributed by atoms with Gasteiger partial charge in [0.15, 0.2) is 5.65 Å². The highest BCUT2D eigenvalue weighted by Crippen LogP contribution is 2.17. The molecule has 1 amide bonds. The average molecular weight is 347 g/mol. The predicted molar refractivity (Wildman–Crippen MR) is 99.3 cm³/mol. The number of hydrogen-bond acceptors (Lipinski definition) is 4. The first-order valence-corrected chi connectivity index (χ1v) is 8.23. The maximum Gasteiger partial charge on any atom is 0.352 e. The lowest BCUT2D eigenvalue weighted by Crippen LogP contribution is -2.28. The van der Waals surface area contributed by atoms with Gasteiger partial charge in [-0.25, -0.2) is 18.9 Å². The maximum absolute atomic E-state index is 12.5. The summed E-state index contributed by atoms with van der Waals surface area (Å²) in [4.78, 5) is 29.2. The number of hydrogen-bond donors (Lipinski definition) is 1. The van der Waals surface area contributed by atoms with Gasteiger partial charge < -0.3 is 5.32 Å². The topological polar surface area (TPSA) is 81.3 Å². The SMILES string of the molecule is Cc1ccc(C)c(NC(=O)Cn2nc3c4ccccc4ncn3c2=O)c1. The van der Waals surface area contributed by atoms with Crippen LogP contribution in [-0.2, 0) is 11.3 Å². The normalized spacial score (nSPS) is 11.2. The number of aryl methyl sites for hydroxylation is 2. The molecule has 2 heterocycles. The fourth-order valence-corrected chi connectivity index (χ4v) is 2.90. The molecule has 4 aromatic rings. The van der Waals surface area contributed by atoms with Crippen LogP contribution in [0.5, 0.6) is 0 Å². The first-order chi connectivity index (χ1) is 12.5. The highest BCUT2D eigenvalue weighted by atomic mass is 16.2. The molecule has 0 aliphatic rings. The highest BCUT2D eigenvalue weighted by molar-refractivity contribution is 5.92. The summed E-state index contributed by atoms with van der Waals surface area (Å²) in [6.07, 6.45) is 1.44. The third-order valence-corrected chi connectivity index (χ3v) is 4.29. The van der Waals surface area contributed by atoms with Crippen molar-refractivity contribution in [2.75, 3.05) is 5.32 Å². The standard InChI is InChI=1S/C19H17N5O2/c1-12-7-8-13(2)16(9-12)21-17(25)10-24-19(26)23-11-20-15-6-4-3-5-14(15)18(23)22-24/h3-9,11H,10H2,1-2H3,(H,21,25). The van der Waals surface area contributed by atoms with Crippen LogP contribution in [0.15, 0.2) is 53.6 Å². The molecule has 1 N–H and O–H groups in total. The molecule has 0 saturated carbocycles. The molecule has 0 fully saturated rings. The summed E-state index contributed by atoms with van der Waals surface area (Å²) in [5.41, 5.74) is 3.58. The Bertz CT molecular complexity index is 1210. The van der Waals surface area contributed by atoms with E-state index in [0.29, 0.717) is 5.65 Å². The van der Waals surface area contributed by atoms with E-state index in [0.717, 1.165) is 32.4 Å². The summed E-state index contributed by atoms with van der Waals surface area (Å²) in [5.74, 6) is -0.304. The number of anilines is 1. The summed E-state index contributed by atoms with van der Waals surface area (Å²) in [6.45, 7) is 3.71. The average Bonchev–Trinajstić information content (AvgIpc) is 2.94. The van der Waals surface area contributed by atoms with E-state index in [2.05, 4.69) is 15.4 Å². The van der Waals surface area contributed by atoms with E-state index in [4.69, 9.17) is 0 Å². The Hall–Kier alpha value is -3.48. The van der Waals surface area contributed by atoms with Crippen molar-refractivity contribution >= 4 is 28.1 Å². The van der Waals surface area contributed by atoms with E-state index in [1.165, 1.54) is 10.7 Å². The Morgan fingerprint density at radius 2 is 1.96 bits per heavy atom. The second-order valence-corrected chi connectivity index (χ2v) is 6.26. The second kappa shape index (κ2) is 6.11. The molecule has 0 unspecified atom stereocenters. The zero-order chi connectivity index (χ0) is 18.3. The van der Waals surface area contributed by atoms with Gasteiger partial charge in [-0.1, -0.05) is 24.3 Å². The maximum atomic E-state index is 12.5. The van der Waals surface area contributed by atoms with Crippen molar-refractivity contribution in [2.24, 2.45) is 0 Å². The molecule has 2 aromatic heterocycles. The largest absolute Gasteiger partial charge is 0.352 e. The van der Waals surface area contributed by atoms with Crippen LogP contribution in [0.4, 0.5) is 5.69 Å². The summed E-state index contributed by atoms with van der Waals surface area (Å²) in [5, 5.41) is 7.94. The molecule has 7 nitrogen and oxygen atoms in total. The van der Waals surface area contributed by atoms with Crippen LogP contribution in [-0.4, -0.2) is 25.1 Å². The van der Waals surface area contributed by atoms with Crippen molar-refractivity contribution in [3.63, 3.8) is 0 Å². The number of nitrogens with one attached hydrogen (secondary N) is 1. The smallest absolute Gasteiger partial charge is 0.324 e. The van der Waals surface area contributed by atoms with Gasteiger partial charge in [0, 0.05) is 11.1 Å². The molecule has 4 rings (SSSR count). The van der Waals surface area contributed by atoms with Gasteiger partial charge in [-0.15, -0.1) is 5.10 Å². The van der Waals surface area contributed by atoms with Crippen LogP contribution in [0.3, 0.4) is 0 Å². The lowest BCUT2D eigenvalue weighted by Gasteiger charge is -2.08. The Balaban J connectivity index is 1.68. The number of amides is 1. The molecular formula is C19H17N5O2. The van der Waals surface area contributed by atoms with E-state index in [-0.39, 0.29) is 12.5 Å². The Labute approximate surface area is 148 Å². The van der Waals surface area contributed by atoms with Crippen LogP contribution in [0.1, 0.15) is 11.1 Å². The minimum Gasteiger partial charge on any atom is -0.324 e. The predicted octanol–water partition coefficient (Wildman–Crippen LogP) is 2.30. The van der Waals surface area contributed by atoms with Crippen molar-refractivity contribution in [2.45, 2.75) is 20.4 Å². The molecule has 0 aliphatic heterocycles. The number of carbonyl (C=O) groups excluding carboxylic acids is 1. The molecule has 0 saturated heterocycles. The summed E-state index contributed by atoms with van der Waals surface area (Å²) in [7, 11) is 0. The van der Waals surface area contributed by atoms with E-state index in [9.17, 15) is 9.59 Å². The fourth-order valence-electron chi connectivity index (χ4n) is 2.90. The quantitative estimate of drug-likeness (QED) is 0.616. The number of para-hydroxylation sites is 1. The van der Waals surface area contributed by atoms with Gasteiger partial charge in [-0.05, 0) is 43.2 Å². The zero-order valence-electron chi connectivity index (χ0n) is 14.4. The van der Waals surface area contributed by atoms with E-state index >= 15 is 0 Å². The second-order valence-electron chi connectivity index (χ2n) is 6.26. The van der Waals surface area contributed by atoms with Gasteiger partial charge in [-0.2, -0.15) is 0 Å². The van der Waals surface area contributed by atoms with Gasteiger partial charge in [0.25, 0.3) is 0 Å². The highest BCUT2D eigenvalue weighted by Gasteiger charge is 2.14. The van der Waals surface area contributed by atoms with E-state index in [1.54, 1.807) is 0 Å². The van der Waals surface area contributed by atoms with Crippen LogP contribution < -0.4 is 11.0 Å². The van der Waals surface area contributed by atoms with Gasteiger partial charge in [0.05, 0.1) is 5.52 Å². The molecule has 7 heteroatoms. The first-order valence-electron chi connectivity index (χ1n) is 8.23. The number of fused-ring (bicyclic) bond motifs is 3. The number of nitrogens with zero attached hydrogens (tertiary/aromatic N) is 4. The third-order valence-electron chi connectivity index (χ3n) is 4.29. The molecule has 0 atom stereocenters. The molecule has 0 spiro atoms. The van der Waals surface area contributed by atoms with Gasteiger partial charge in [0.1, 0.15) is 12.9 Å². The molecular weight excluding hydrogens is 330 g/mol. The van der Waals surface area contributed by atoms with Crippen molar-refractivity contribution in [3.8, 4) is 0 Å². The number of rotatable bonds is 3. The van der Waals surface area contributed by atoms with Gasteiger partial charge in [-0.3, -0.25) is 4.79 Å². The Morgan fingerprint density at radius 1 is 1.15 bits per heavy atom. The van der Waals surface area contributed by atoms with Crippen LogP contribution in [0.2, 0.25) is 0 Å². The van der Waals surface area contributed by atoms with Crippen molar-refractivity contribution in [1.82, 2.24) is 19.2 Å². The zero-order valence-corrected chi connectivity index (χ0v) is 14.4. The van der Waals surface area contributed by atoms with Crippen molar-refractivity contribution in [3.05, 3.63) is 70.4 Å². The van der Waals surface area contributed by atoms with E-state index < -0.39 is 5.69 Å². The van der Waals surface area contributed by atoms with E-state index in [1.807, 2.05) is 56.3 Å². The third kappa shape index (κ3) is 2.73. The van der Waals surface area contributed by atoms with Gasteiger partial charge in [0.2, 0.25) is 5.91 Å². The fraction of sp³-hybridized carbons (Fsp3) is 0.158. The van der Waals surface area contributed by atoms with Crippen LogP contribution in [0, 0.1) is 13.8 Å². The Kier molecular flexibility index (Phi) is 3.76. The number of benzene rings is 2. The molecule has 2 aromatic carbocycles. The molecule has 0 aliphatic carbocycles. The summed E-state index contributed by atoms with van der Waals surface area (Å²) >= 11 is 0. The number of carbonyl (C=O) groups is 1. The molecule has 130 valence electrons. The van der Waals surface area contributed by atoms with Gasteiger partial charge >= 0.3 is 5.69 Å². The lowest BCUT2D eigenvalue weighted by molar-refractivity contribution is -0.117. The van der Waals surface area contributed by atoms with Crippen molar-refractivity contribution in [1.29, 1.82) is 0 Å². The molecule has 0 radical (unpaired) electrons. The molecule has 26 heavy (non-hydrogen) atoms. The minimum absolute atomic E-state index is 0.164. The van der Waals surface area contributed by atoms with Crippen molar-refractivity contribution < 1.29 is 4.79 Å². The van der Waals surface area contributed by atoms with Crippen LogP contribution in [0.25, 0.3) is 16.6 Å². The molecule has 0 bridgehead atoms. The Morgan fingerprint density at radius 3 is 2.81 bits per heavy atom. The summed E-state index contributed by atoms with van der Waals surface area (Å²) < 4.78 is 2.51. The summed E-state index contributed by atoms with van der Waals surface area (Å²) in [6, 6.07) is 13.3. The lowest BCUT2D eigenvalue weighted by atomic mass is 10.1. The number of aromatic nitrogens is 4. The first kappa shape index (κ1) is 16.0.